The van der Waals surface area contributed by atoms with Crippen LogP contribution in [-0.2, 0) is 6.54 Å². The Hall–Kier alpha value is -2.84. The van der Waals surface area contributed by atoms with Crippen molar-refractivity contribution in [2.45, 2.75) is 11.7 Å². The lowest BCUT2D eigenvalue weighted by molar-refractivity contribution is -0.384. The quantitative estimate of drug-likeness (QED) is 0.515. The van der Waals surface area contributed by atoms with E-state index in [9.17, 15) is 14.9 Å². The fourth-order valence-electron chi connectivity index (χ4n) is 2.85. The number of nitrogens with one attached hydrogen (secondary N) is 1. The molecule has 2 aromatic carbocycles. The minimum atomic E-state index is -0.557. The van der Waals surface area contributed by atoms with Gasteiger partial charge in [0.15, 0.2) is 5.16 Å². The number of nitrogens with zero attached hydrogens (tertiary/aromatic N) is 3. The Bertz CT molecular complexity index is 1050. The van der Waals surface area contributed by atoms with Crippen molar-refractivity contribution in [2.24, 2.45) is 0 Å². The molecule has 1 aliphatic rings. The number of hydrogen-bond acceptors (Lipinski definition) is 5. The fraction of sp³-hybridized carbons (Fsp3) is 0.111. The molecule has 1 aromatic heterocycles. The summed E-state index contributed by atoms with van der Waals surface area (Å²) >= 11 is 7.76. The molecular formula is C18H13ClN4O3S. The number of halogens is 1. The highest BCUT2D eigenvalue weighted by molar-refractivity contribution is 7.99. The molecule has 4 rings (SSSR count). The molecule has 0 atom stereocenters. The summed E-state index contributed by atoms with van der Waals surface area (Å²) in [7, 11) is 0. The largest absolute Gasteiger partial charge is 0.325 e. The van der Waals surface area contributed by atoms with Crippen LogP contribution < -0.4 is 5.32 Å². The molecule has 0 saturated heterocycles. The van der Waals surface area contributed by atoms with E-state index in [4.69, 9.17) is 11.6 Å². The third-order valence-corrected chi connectivity index (χ3v) is 5.45. The maximum absolute atomic E-state index is 12.6. The number of amides is 1. The van der Waals surface area contributed by atoms with Crippen LogP contribution in [0.1, 0.15) is 10.4 Å². The van der Waals surface area contributed by atoms with Crippen molar-refractivity contribution >= 4 is 40.6 Å². The zero-order valence-corrected chi connectivity index (χ0v) is 15.5. The molecule has 0 bridgehead atoms. The molecule has 0 aliphatic carbocycles. The molecule has 1 aliphatic heterocycles. The molecule has 9 heteroatoms. The van der Waals surface area contributed by atoms with Gasteiger partial charge in [0.25, 0.3) is 11.6 Å². The number of nitro groups is 1. The van der Waals surface area contributed by atoms with Crippen LogP contribution in [0.3, 0.4) is 0 Å². The zero-order chi connectivity index (χ0) is 19.0. The Balaban J connectivity index is 1.63. The number of thioether (sulfide) groups is 1. The smallest absolute Gasteiger partial charge is 0.270 e. The van der Waals surface area contributed by atoms with Gasteiger partial charge in [-0.05, 0) is 12.1 Å². The summed E-state index contributed by atoms with van der Waals surface area (Å²) in [4.78, 5) is 27.5. The van der Waals surface area contributed by atoms with E-state index >= 15 is 0 Å². The Labute approximate surface area is 163 Å². The van der Waals surface area contributed by atoms with Crippen LogP contribution in [0.25, 0.3) is 11.3 Å². The van der Waals surface area contributed by atoms with Crippen LogP contribution in [-0.4, -0.2) is 26.1 Å². The molecule has 7 nitrogen and oxygen atoms in total. The van der Waals surface area contributed by atoms with Gasteiger partial charge in [0.2, 0.25) is 0 Å². The first-order valence-corrected chi connectivity index (χ1v) is 9.44. The lowest BCUT2D eigenvalue weighted by atomic mass is 10.1. The maximum atomic E-state index is 12.6. The Kier molecular flexibility index (Phi) is 4.59. The number of hydrogen-bond donors (Lipinski definition) is 1. The van der Waals surface area contributed by atoms with Crippen molar-refractivity contribution in [3.05, 3.63) is 69.4 Å². The standard InChI is InChI=1S/C18H13ClN4O3S/c19-14-9-11(23(25)26)5-6-12(14)17(24)20-15-4-2-1-3-13(15)16-10-22-7-8-27-18(22)21-16/h1-6,9-10H,7-8H2,(H,20,24). The first-order valence-electron chi connectivity index (χ1n) is 8.07. The molecule has 136 valence electrons. The lowest BCUT2D eigenvalue weighted by Crippen LogP contribution is -2.13. The first-order chi connectivity index (χ1) is 13.0. The van der Waals surface area contributed by atoms with E-state index in [2.05, 4.69) is 14.9 Å². The number of aryl methyl sites for hydroxylation is 1. The third-order valence-electron chi connectivity index (χ3n) is 4.16. The van der Waals surface area contributed by atoms with Crippen molar-refractivity contribution in [1.82, 2.24) is 9.55 Å². The number of rotatable bonds is 4. The number of anilines is 1. The van der Waals surface area contributed by atoms with E-state index < -0.39 is 10.8 Å². The number of carbonyl (C=O) groups excluding carboxylic acids is 1. The molecule has 1 amide bonds. The summed E-state index contributed by atoms with van der Waals surface area (Å²) < 4.78 is 2.09. The van der Waals surface area contributed by atoms with Crippen molar-refractivity contribution in [1.29, 1.82) is 0 Å². The Morgan fingerprint density at radius 2 is 2.11 bits per heavy atom. The number of aromatic nitrogens is 2. The predicted molar refractivity (Wildman–Crippen MR) is 104 cm³/mol. The van der Waals surface area contributed by atoms with E-state index in [-0.39, 0.29) is 16.3 Å². The van der Waals surface area contributed by atoms with Crippen molar-refractivity contribution in [2.75, 3.05) is 11.1 Å². The Morgan fingerprint density at radius 3 is 2.85 bits per heavy atom. The molecular weight excluding hydrogens is 388 g/mol. The molecule has 27 heavy (non-hydrogen) atoms. The van der Waals surface area contributed by atoms with E-state index in [1.165, 1.54) is 18.2 Å². The molecule has 0 fully saturated rings. The average Bonchev–Trinajstić information content (AvgIpc) is 3.23. The highest BCUT2D eigenvalue weighted by atomic mass is 35.5. The van der Waals surface area contributed by atoms with Gasteiger partial charge in [0.05, 0.1) is 26.9 Å². The molecule has 0 spiro atoms. The second-order valence-corrected chi connectivity index (χ2v) is 7.34. The van der Waals surface area contributed by atoms with E-state index in [0.717, 1.165) is 28.7 Å². The topological polar surface area (TPSA) is 90.1 Å². The van der Waals surface area contributed by atoms with Gasteiger partial charge in [-0.15, -0.1) is 0 Å². The summed E-state index contributed by atoms with van der Waals surface area (Å²) in [5, 5.41) is 14.6. The van der Waals surface area contributed by atoms with Crippen LogP contribution >= 0.6 is 23.4 Å². The van der Waals surface area contributed by atoms with E-state index in [0.29, 0.717) is 5.69 Å². The Morgan fingerprint density at radius 1 is 1.30 bits per heavy atom. The van der Waals surface area contributed by atoms with Crippen LogP contribution in [0.15, 0.2) is 53.8 Å². The highest BCUT2D eigenvalue weighted by Crippen LogP contribution is 2.33. The zero-order valence-electron chi connectivity index (χ0n) is 13.9. The number of para-hydroxylation sites is 1. The van der Waals surface area contributed by atoms with Crippen LogP contribution in [0.4, 0.5) is 11.4 Å². The number of non-ortho nitro benzene ring substituents is 1. The van der Waals surface area contributed by atoms with Crippen LogP contribution in [0.2, 0.25) is 5.02 Å². The van der Waals surface area contributed by atoms with Crippen molar-refractivity contribution in [3.8, 4) is 11.3 Å². The van der Waals surface area contributed by atoms with E-state index in [1.807, 2.05) is 24.4 Å². The van der Waals surface area contributed by atoms with Crippen molar-refractivity contribution < 1.29 is 9.72 Å². The van der Waals surface area contributed by atoms with Gasteiger partial charge in [0.1, 0.15) is 0 Å². The number of benzene rings is 2. The predicted octanol–water partition coefficient (Wildman–Crippen LogP) is 4.47. The van der Waals surface area contributed by atoms with Gasteiger partial charge >= 0.3 is 0 Å². The number of carbonyl (C=O) groups is 1. The minimum absolute atomic E-state index is 0.0246. The first kappa shape index (κ1) is 17.6. The second kappa shape index (κ2) is 7.05. The summed E-state index contributed by atoms with van der Waals surface area (Å²) in [6, 6.07) is 11.1. The van der Waals surface area contributed by atoms with E-state index in [1.54, 1.807) is 17.8 Å². The molecule has 1 N–H and O–H groups in total. The van der Waals surface area contributed by atoms with Crippen LogP contribution in [0.5, 0.6) is 0 Å². The number of imidazole rings is 1. The van der Waals surface area contributed by atoms with Crippen LogP contribution in [0, 0.1) is 10.1 Å². The average molecular weight is 401 g/mol. The molecule has 3 aromatic rings. The fourth-order valence-corrected chi connectivity index (χ4v) is 4.05. The SMILES string of the molecule is O=C(Nc1ccccc1-c1cn2c(n1)SCC2)c1ccc([N+](=O)[O-])cc1Cl. The second-order valence-electron chi connectivity index (χ2n) is 5.87. The van der Waals surface area contributed by atoms with Gasteiger partial charge in [-0.3, -0.25) is 14.9 Å². The lowest BCUT2D eigenvalue weighted by Gasteiger charge is -2.10. The summed E-state index contributed by atoms with van der Waals surface area (Å²) in [5.41, 5.74) is 2.18. The highest BCUT2D eigenvalue weighted by Gasteiger charge is 2.19. The molecule has 2 heterocycles. The number of fused-ring (bicyclic) bond motifs is 1. The monoisotopic (exact) mass is 400 g/mol. The summed E-state index contributed by atoms with van der Waals surface area (Å²) in [6.07, 6.45) is 1.97. The number of nitro benzene ring substituents is 1. The molecule has 0 saturated carbocycles. The maximum Gasteiger partial charge on any atom is 0.270 e. The molecule has 0 unspecified atom stereocenters. The normalized spacial score (nSPS) is 12.6. The van der Waals surface area contributed by atoms with Gasteiger partial charge < -0.3 is 9.88 Å². The van der Waals surface area contributed by atoms with Gasteiger partial charge in [-0.25, -0.2) is 4.98 Å². The summed E-state index contributed by atoms with van der Waals surface area (Å²) in [5.74, 6) is 0.572. The van der Waals surface area contributed by atoms with Gasteiger partial charge in [-0.2, -0.15) is 0 Å². The third kappa shape index (κ3) is 3.41. The minimum Gasteiger partial charge on any atom is -0.325 e. The van der Waals surface area contributed by atoms with Crippen molar-refractivity contribution in [3.63, 3.8) is 0 Å². The molecule has 0 radical (unpaired) electrons. The van der Waals surface area contributed by atoms with Gasteiger partial charge in [-0.1, -0.05) is 41.6 Å². The summed E-state index contributed by atoms with van der Waals surface area (Å²) in [6.45, 7) is 0.917. The van der Waals surface area contributed by atoms with Gasteiger partial charge in [0, 0.05) is 36.2 Å².